The quantitative estimate of drug-likeness (QED) is 0.475. The van der Waals surface area contributed by atoms with E-state index < -0.39 is 6.04 Å². The smallest absolute Gasteiger partial charge is 0.292 e. The highest BCUT2D eigenvalue weighted by Crippen LogP contribution is 2.34. The molecule has 6 rings (SSSR count). The summed E-state index contributed by atoms with van der Waals surface area (Å²) in [5.74, 6) is 0.218. The third-order valence-corrected chi connectivity index (χ3v) is 5.69. The number of carbonyl (C=O) groups is 1. The zero-order valence-corrected chi connectivity index (χ0v) is 17.0. The number of H-pyrrole nitrogens is 1. The Bertz CT molecular complexity index is 1420. The minimum atomic E-state index is -0.425. The second kappa shape index (κ2) is 7.42. The van der Waals surface area contributed by atoms with Gasteiger partial charge < -0.3 is 14.3 Å². The fourth-order valence-electron chi connectivity index (χ4n) is 4.15. The summed E-state index contributed by atoms with van der Waals surface area (Å²) in [5.41, 5.74) is 4.02. The van der Waals surface area contributed by atoms with Gasteiger partial charge in [-0.25, -0.2) is 9.97 Å². The Kier molecular flexibility index (Phi) is 4.28. The van der Waals surface area contributed by atoms with Gasteiger partial charge in [-0.15, -0.1) is 0 Å². The van der Waals surface area contributed by atoms with Crippen LogP contribution in [0.2, 0.25) is 0 Å². The fraction of sp³-hybridized carbons (Fsp3) is 0.125. The second-order valence-electron chi connectivity index (χ2n) is 7.59. The first-order valence-electron chi connectivity index (χ1n) is 10.3. The number of nitrogens with zero attached hydrogens (tertiary/aromatic N) is 5. The molecule has 1 aromatic carbocycles. The number of rotatable bonds is 3. The van der Waals surface area contributed by atoms with Crippen molar-refractivity contribution in [1.82, 2.24) is 29.8 Å². The van der Waals surface area contributed by atoms with Gasteiger partial charge in [-0.05, 0) is 24.3 Å². The molecule has 8 nitrogen and oxygen atoms in total. The minimum absolute atomic E-state index is 0.162. The zero-order valence-electron chi connectivity index (χ0n) is 17.0. The van der Waals surface area contributed by atoms with Crippen LogP contribution in [-0.2, 0) is 6.42 Å². The van der Waals surface area contributed by atoms with Crippen molar-refractivity contribution in [2.75, 3.05) is 6.54 Å². The SMILES string of the molecule is O=C(c1cnc(-c2ccccn2)o1)N1CCc2[nH]cnc2[C@H]1c1ccc2ccccc2n1. The van der Waals surface area contributed by atoms with E-state index in [-0.39, 0.29) is 11.7 Å². The first-order chi connectivity index (χ1) is 15.8. The molecule has 1 aliphatic heterocycles. The molecule has 8 heteroatoms. The van der Waals surface area contributed by atoms with Crippen LogP contribution in [0.3, 0.4) is 0 Å². The molecular weight excluding hydrogens is 404 g/mol. The summed E-state index contributed by atoms with van der Waals surface area (Å²) in [4.78, 5) is 36.4. The first kappa shape index (κ1) is 18.4. The van der Waals surface area contributed by atoms with E-state index >= 15 is 0 Å². The number of amides is 1. The molecule has 5 aromatic rings. The summed E-state index contributed by atoms with van der Waals surface area (Å²) in [6.45, 7) is 0.507. The molecule has 0 fully saturated rings. The Morgan fingerprint density at radius 1 is 1.03 bits per heavy atom. The third kappa shape index (κ3) is 3.04. The number of nitrogens with one attached hydrogen (secondary N) is 1. The predicted octanol–water partition coefficient (Wildman–Crippen LogP) is 3.80. The Morgan fingerprint density at radius 3 is 2.84 bits per heavy atom. The van der Waals surface area contributed by atoms with E-state index in [1.807, 2.05) is 48.5 Å². The van der Waals surface area contributed by atoms with E-state index in [0.29, 0.717) is 24.6 Å². The van der Waals surface area contributed by atoms with E-state index in [4.69, 9.17) is 9.40 Å². The Balaban J connectivity index is 1.40. The molecule has 0 saturated carbocycles. The third-order valence-electron chi connectivity index (χ3n) is 5.69. The van der Waals surface area contributed by atoms with Crippen molar-refractivity contribution >= 4 is 16.8 Å². The summed E-state index contributed by atoms with van der Waals surface area (Å²) in [6, 6.07) is 16.9. The average molecular weight is 422 g/mol. The lowest BCUT2D eigenvalue weighted by Crippen LogP contribution is -2.41. The molecule has 1 amide bonds. The monoisotopic (exact) mass is 422 g/mol. The fourth-order valence-corrected chi connectivity index (χ4v) is 4.15. The lowest BCUT2D eigenvalue weighted by Gasteiger charge is -2.34. The van der Waals surface area contributed by atoms with Crippen LogP contribution >= 0.6 is 0 Å². The number of carbonyl (C=O) groups excluding carboxylic acids is 1. The van der Waals surface area contributed by atoms with Gasteiger partial charge in [0.15, 0.2) is 0 Å². The van der Waals surface area contributed by atoms with Gasteiger partial charge in [-0.3, -0.25) is 14.8 Å². The van der Waals surface area contributed by atoms with Gasteiger partial charge in [-0.1, -0.05) is 30.3 Å². The number of pyridine rings is 2. The maximum absolute atomic E-state index is 13.5. The summed E-state index contributed by atoms with van der Waals surface area (Å²) >= 11 is 0. The number of aromatic amines is 1. The number of imidazole rings is 1. The van der Waals surface area contributed by atoms with E-state index in [1.165, 1.54) is 6.20 Å². The highest BCUT2D eigenvalue weighted by Gasteiger charge is 2.36. The summed E-state index contributed by atoms with van der Waals surface area (Å²) in [5, 5.41) is 1.04. The molecule has 1 N–H and O–H groups in total. The van der Waals surface area contributed by atoms with Crippen molar-refractivity contribution in [3.8, 4) is 11.6 Å². The lowest BCUT2D eigenvalue weighted by atomic mass is 9.98. The Labute approximate surface area is 183 Å². The molecule has 0 spiro atoms. The second-order valence-corrected chi connectivity index (χ2v) is 7.59. The first-order valence-corrected chi connectivity index (χ1v) is 10.3. The number of oxazole rings is 1. The standard InChI is InChI=1S/C24H18N6O2/c31-24(20-13-26-23(32-20)19-7-3-4-11-25-19)30-12-10-17-21(28-14-27-17)22(30)18-9-8-15-5-1-2-6-16(15)29-18/h1-9,11,13-14,22H,10,12H2,(H,27,28)/t22-/m1/s1. The summed E-state index contributed by atoms with van der Waals surface area (Å²) in [7, 11) is 0. The van der Waals surface area contributed by atoms with Crippen LogP contribution in [0.25, 0.3) is 22.5 Å². The van der Waals surface area contributed by atoms with Crippen molar-refractivity contribution in [2.24, 2.45) is 0 Å². The van der Waals surface area contributed by atoms with Gasteiger partial charge >= 0.3 is 0 Å². The highest BCUT2D eigenvalue weighted by molar-refractivity contribution is 5.92. The minimum Gasteiger partial charge on any atom is -0.429 e. The van der Waals surface area contributed by atoms with Crippen LogP contribution in [0.5, 0.6) is 0 Å². The number of para-hydroxylation sites is 1. The Hall–Kier alpha value is -4.33. The molecule has 4 aromatic heterocycles. The molecule has 156 valence electrons. The van der Waals surface area contributed by atoms with Crippen molar-refractivity contribution in [3.05, 3.63) is 96.2 Å². The van der Waals surface area contributed by atoms with Crippen LogP contribution < -0.4 is 0 Å². The normalized spacial score (nSPS) is 15.6. The van der Waals surface area contributed by atoms with Gasteiger partial charge in [0.05, 0.1) is 29.4 Å². The molecule has 0 bridgehead atoms. The van der Waals surface area contributed by atoms with Crippen LogP contribution in [0, 0.1) is 0 Å². The van der Waals surface area contributed by atoms with Crippen molar-refractivity contribution in [1.29, 1.82) is 0 Å². The van der Waals surface area contributed by atoms with Crippen LogP contribution in [-0.4, -0.2) is 42.3 Å². The predicted molar refractivity (Wildman–Crippen MR) is 117 cm³/mol. The van der Waals surface area contributed by atoms with Gasteiger partial charge in [0.2, 0.25) is 11.7 Å². The molecule has 0 unspecified atom stereocenters. The number of hydrogen-bond donors (Lipinski definition) is 1. The maximum Gasteiger partial charge on any atom is 0.292 e. The molecule has 5 heterocycles. The number of aromatic nitrogens is 5. The number of benzene rings is 1. The number of hydrogen-bond acceptors (Lipinski definition) is 6. The highest BCUT2D eigenvalue weighted by atomic mass is 16.4. The van der Waals surface area contributed by atoms with Crippen LogP contribution in [0.1, 0.15) is 33.7 Å². The zero-order chi connectivity index (χ0) is 21.5. The van der Waals surface area contributed by atoms with Crippen molar-refractivity contribution in [2.45, 2.75) is 12.5 Å². The Morgan fingerprint density at radius 2 is 1.94 bits per heavy atom. The molecular formula is C24H18N6O2. The van der Waals surface area contributed by atoms with E-state index in [9.17, 15) is 4.79 Å². The topological polar surface area (TPSA) is 101 Å². The molecule has 0 radical (unpaired) electrons. The summed E-state index contributed by atoms with van der Waals surface area (Å²) in [6.07, 6.45) is 5.45. The lowest BCUT2D eigenvalue weighted by molar-refractivity contribution is 0.0655. The van der Waals surface area contributed by atoms with E-state index in [1.54, 1.807) is 23.5 Å². The van der Waals surface area contributed by atoms with Crippen molar-refractivity contribution < 1.29 is 9.21 Å². The summed E-state index contributed by atoms with van der Waals surface area (Å²) < 4.78 is 5.80. The average Bonchev–Trinajstić information content (AvgIpc) is 3.53. The van der Waals surface area contributed by atoms with Gasteiger partial charge in [0.25, 0.3) is 5.91 Å². The van der Waals surface area contributed by atoms with Crippen LogP contribution in [0.15, 0.2) is 77.7 Å². The molecule has 32 heavy (non-hydrogen) atoms. The maximum atomic E-state index is 13.5. The van der Waals surface area contributed by atoms with Gasteiger partial charge in [-0.2, -0.15) is 0 Å². The van der Waals surface area contributed by atoms with Crippen LogP contribution in [0.4, 0.5) is 0 Å². The molecule has 0 aliphatic carbocycles. The van der Waals surface area contributed by atoms with Gasteiger partial charge in [0, 0.05) is 30.2 Å². The largest absolute Gasteiger partial charge is 0.429 e. The molecule has 1 aliphatic rings. The molecule has 0 saturated heterocycles. The van der Waals surface area contributed by atoms with E-state index in [0.717, 1.165) is 28.0 Å². The number of fused-ring (bicyclic) bond motifs is 2. The molecule has 1 atom stereocenters. The van der Waals surface area contributed by atoms with Crippen molar-refractivity contribution in [3.63, 3.8) is 0 Å². The van der Waals surface area contributed by atoms with Gasteiger partial charge in [0.1, 0.15) is 11.7 Å². The van der Waals surface area contributed by atoms with E-state index in [2.05, 4.69) is 19.9 Å².